The van der Waals surface area contributed by atoms with Crippen LogP contribution in [-0.2, 0) is 9.84 Å². The quantitative estimate of drug-likeness (QED) is 0.249. The number of hydrogen-bond donors (Lipinski definition) is 3. The van der Waals surface area contributed by atoms with Gasteiger partial charge in [-0.05, 0) is 5.92 Å². The molecule has 0 aliphatic rings. The summed E-state index contributed by atoms with van der Waals surface area (Å²) in [5.41, 5.74) is 2.39. The van der Waals surface area contributed by atoms with Crippen LogP contribution in [0.3, 0.4) is 0 Å². The lowest BCUT2D eigenvalue weighted by Gasteiger charge is -2.09. The van der Waals surface area contributed by atoms with E-state index < -0.39 is 9.84 Å². The fraction of sp³-hybridized carbons (Fsp3) is 0.875. The van der Waals surface area contributed by atoms with Gasteiger partial charge in [-0.25, -0.2) is 14.3 Å². The van der Waals surface area contributed by atoms with Crippen molar-refractivity contribution in [1.82, 2.24) is 10.7 Å². The van der Waals surface area contributed by atoms with Crippen molar-refractivity contribution >= 4 is 15.8 Å². The molecular weight excluding hydrogens is 216 g/mol. The number of hydrogen-bond acceptors (Lipinski definition) is 4. The van der Waals surface area contributed by atoms with Crippen molar-refractivity contribution < 1.29 is 8.42 Å². The van der Waals surface area contributed by atoms with Crippen LogP contribution in [0, 0.1) is 5.92 Å². The lowest BCUT2D eigenvalue weighted by Crippen LogP contribution is -2.43. The molecule has 0 saturated carbocycles. The Morgan fingerprint density at radius 1 is 1.47 bits per heavy atom. The van der Waals surface area contributed by atoms with Crippen LogP contribution in [0.2, 0.25) is 0 Å². The van der Waals surface area contributed by atoms with Gasteiger partial charge >= 0.3 is 0 Å². The van der Waals surface area contributed by atoms with E-state index in [-0.39, 0.29) is 5.75 Å². The Kier molecular flexibility index (Phi) is 6.26. The minimum atomic E-state index is -2.95. The zero-order chi connectivity index (χ0) is 11.9. The van der Waals surface area contributed by atoms with Crippen molar-refractivity contribution in [2.45, 2.75) is 13.8 Å². The van der Waals surface area contributed by atoms with Crippen molar-refractivity contribution in [2.75, 3.05) is 25.1 Å². The molecule has 6 nitrogen and oxygen atoms in total. The van der Waals surface area contributed by atoms with Gasteiger partial charge in [0.05, 0.1) is 5.75 Å². The molecular formula is C8H20N4O2S. The van der Waals surface area contributed by atoms with Crippen LogP contribution >= 0.6 is 0 Å². The van der Waals surface area contributed by atoms with Gasteiger partial charge in [0, 0.05) is 19.3 Å². The summed E-state index contributed by atoms with van der Waals surface area (Å²) >= 11 is 0. The summed E-state index contributed by atoms with van der Waals surface area (Å²) < 4.78 is 21.7. The number of guanidine groups is 1. The maximum Gasteiger partial charge on any atom is 0.205 e. The van der Waals surface area contributed by atoms with Gasteiger partial charge < -0.3 is 5.32 Å². The molecule has 0 spiro atoms. The molecule has 90 valence electrons. The third kappa shape index (κ3) is 9.48. The Morgan fingerprint density at radius 3 is 2.47 bits per heavy atom. The predicted molar refractivity (Wildman–Crippen MR) is 62.2 cm³/mol. The summed E-state index contributed by atoms with van der Waals surface area (Å²) in [6.45, 7) is 5.02. The molecule has 7 heteroatoms. The van der Waals surface area contributed by atoms with Crippen LogP contribution < -0.4 is 16.6 Å². The zero-order valence-electron chi connectivity index (χ0n) is 9.45. The van der Waals surface area contributed by atoms with Crippen LogP contribution in [0.1, 0.15) is 13.8 Å². The molecule has 0 saturated heterocycles. The van der Waals surface area contributed by atoms with Crippen molar-refractivity contribution in [3.8, 4) is 0 Å². The summed E-state index contributed by atoms with van der Waals surface area (Å²) in [6.07, 6.45) is 1.19. The van der Waals surface area contributed by atoms with Gasteiger partial charge in [0.15, 0.2) is 0 Å². The van der Waals surface area contributed by atoms with Gasteiger partial charge in [-0.15, -0.1) is 0 Å². The summed E-state index contributed by atoms with van der Waals surface area (Å²) in [7, 11) is -2.95. The summed E-state index contributed by atoms with van der Waals surface area (Å²) in [5, 5.41) is 2.82. The number of nitrogens with one attached hydrogen (secondary N) is 2. The van der Waals surface area contributed by atoms with Crippen molar-refractivity contribution in [3.63, 3.8) is 0 Å². The van der Waals surface area contributed by atoms with E-state index in [2.05, 4.69) is 15.7 Å². The monoisotopic (exact) mass is 236 g/mol. The minimum absolute atomic E-state index is 0.0649. The molecule has 0 aromatic heterocycles. The SMILES string of the molecule is CC(C)CN=C(NN)NCCS(C)(=O)=O. The standard InChI is InChI=1S/C8H20N4O2S/c1-7(2)6-11-8(12-9)10-4-5-15(3,13)14/h7H,4-6,9H2,1-3H3,(H2,10,11,12). The number of rotatable bonds is 5. The van der Waals surface area contributed by atoms with E-state index >= 15 is 0 Å². The Balaban J connectivity index is 3.96. The highest BCUT2D eigenvalue weighted by molar-refractivity contribution is 7.90. The van der Waals surface area contributed by atoms with E-state index in [1.807, 2.05) is 13.8 Å². The Labute approximate surface area is 91.2 Å². The molecule has 0 amide bonds. The highest BCUT2D eigenvalue weighted by Crippen LogP contribution is 1.90. The Morgan fingerprint density at radius 2 is 2.07 bits per heavy atom. The predicted octanol–water partition coefficient (Wildman–Crippen LogP) is -0.904. The van der Waals surface area contributed by atoms with Crippen LogP contribution in [0.4, 0.5) is 0 Å². The van der Waals surface area contributed by atoms with Crippen LogP contribution in [0.25, 0.3) is 0 Å². The van der Waals surface area contributed by atoms with E-state index in [1.54, 1.807) is 0 Å². The highest BCUT2D eigenvalue weighted by atomic mass is 32.2. The topological polar surface area (TPSA) is 96.6 Å². The molecule has 0 radical (unpaired) electrons. The van der Waals surface area contributed by atoms with Crippen molar-refractivity contribution in [3.05, 3.63) is 0 Å². The van der Waals surface area contributed by atoms with E-state index in [0.29, 0.717) is 25.0 Å². The largest absolute Gasteiger partial charge is 0.354 e. The smallest absolute Gasteiger partial charge is 0.205 e. The number of nitrogens with zero attached hydrogens (tertiary/aromatic N) is 1. The minimum Gasteiger partial charge on any atom is -0.354 e. The summed E-state index contributed by atoms with van der Waals surface area (Å²) in [6, 6.07) is 0. The van der Waals surface area contributed by atoms with Gasteiger partial charge in [0.25, 0.3) is 0 Å². The molecule has 0 atom stereocenters. The number of aliphatic imine (C=N–C) groups is 1. The molecule has 0 rings (SSSR count). The maximum absolute atomic E-state index is 10.8. The normalized spacial score (nSPS) is 13.0. The summed E-state index contributed by atoms with van der Waals surface area (Å²) in [5.74, 6) is 6.14. The molecule has 0 fully saturated rings. The first-order chi connectivity index (χ1) is 6.85. The third-order valence-electron chi connectivity index (χ3n) is 1.52. The van der Waals surface area contributed by atoms with Crippen LogP contribution in [0.5, 0.6) is 0 Å². The Bertz CT molecular complexity index is 298. The summed E-state index contributed by atoms with van der Waals surface area (Å²) in [4.78, 5) is 4.14. The molecule has 0 aromatic carbocycles. The second-order valence-electron chi connectivity index (χ2n) is 3.78. The highest BCUT2D eigenvalue weighted by Gasteiger charge is 2.02. The van der Waals surface area contributed by atoms with Gasteiger partial charge in [-0.1, -0.05) is 13.8 Å². The maximum atomic E-state index is 10.8. The van der Waals surface area contributed by atoms with Gasteiger partial charge in [-0.3, -0.25) is 10.4 Å². The molecule has 0 aliphatic carbocycles. The first-order valence-corrected chi connectivity index (χ1v) is 6.84. The average molecular weight is 236 g/mol. The van der Waals surface area contributed by atoms with E-state index in [4.69, 9.17) is 5.84 Å². The molecule has 0 bridgehead atoms. The fourth-order valence-electron chi connectivity index (χ4n) is 0.781. The number of sulfone groups is 1. The van der Waals surface area contributed by atoms with Crippen LogP contribution in [-0.4, -0.2) is 39.5 Å². The molecule has 0 heterocycles. The second kappa shape index (κ2) is 6.62. The molecule has 0 aliphatic heterocycles. The number of hydrazine groups is 1. The molecule has 0 aromatic rings. The first kappa shape index (κ1) is 14.2. The molecule has 0 unspecified atom stereocenters. The van der Waals surface area contributed by atoms with Crippen molar-refractivity contribution in [1.29, 1.82) is 0 Å². The number of nitrogens with two attached hydrogens (primary N) is 1. The van der Waals surface area contributed by atoms with E-state index in [9.17, 15) is 8.42 Å². The average Bonchev–Trinajstić information content (AvgIpc) is 2.08. The zero-order valence-corrected chi connectivity index (χ0v) is 10.3. The first-order valence-electron chi connectivity index (χ1n) is 4.78. The van der Waals surface area contributed by atoms with Crippen LogP contribution in [0.15, 0.2) is 4.99 Å². The second-order valence-corrected chi connectivity index (χ2v) is 6.04. The molecule has 15 heavy (non-hydrogen) atoms. The van der Waals surface area contributed by atoms with Gasteiger partial charge in [0.2, 0.25) is 5.96 Å². The van der Waals surface area contributed by atoms with E-state index in [0.717, 1.165) is 0 Å². The lowest BCUT2D eigenvalue weighted by atomic mass is 10.2. The lowest BCUT2D eigenvalue weighted by molar-refractivity contribution is 0.600. The van der Waals surface area contributed by atoms with E-state index in [1.165, 1.54) is 6.26 Å². The van der Waals surface area contributed by atoms with Crippen molar-refractivity contribution in [2.24, 2.45) is 16.8 Å². The van der Waals surface area contributed by atoms with Gasteiger partial charge in [-0.2, -0.15) is 0 Å². The molecule has 4 N–H and O–H groups in total. The Hall–Kier alpha value is -0.820. The van der Waals surface area contributed by atoms with Gasteiger partial charge in [0.1, 0.15) is 9.84 Å². The third-order valence-corrected chi connectivity index (χ3v) is 2.46. The fourth-order valence-corrected chi connectivity index (χ4v) is 1.25.